The molecule has 5 aromatic rings. The zero-order valence-corrected chi connectivity index (χ0v) is 32.5. The smallest absolute Gasteiger partial charge is 0.393 e. The number of para-hydroxylation sites is 1. The Balaban J connectivity index is 1.55. The lowest BCUT2D eigenvalue weighted by atomic mass is 9.99. The summed E-state index contributed by atoms with van der Waals surface area (Å²) in [6, 6.07) is 19.1. The molecule has 1 aliphatic heterocycles. The van der Waals surface area contributed by atoms with Crippen LogP contribution < -0.4 is 19.7 Å². The number of halogens is 4. The molecule has 0 saturated carbocycles. The molecule has 0 aliphatic carbocycles. The van der Waals surface area contributed by atoms with E-state index in [4.69, 9.17) is 19.6 Å². The van der Waals surface area contributed by atoms with Gasteiger partial charge in [0.25, 0.3) is 5.91 Å². The third-order valence-electron chi connectivity index (χ3n) is 9.16. The lowest BCUT2D eigenvalue weighted by molar-refractivity contribution is -0.127. The average Bonchev–Trinajstić information content (AvgIpc) is 3.53. The van der Waals surface area contributed by atoms with E-state index in [1.165, 1.54) is 17.8 Å². The van der Waals surface area contributed by atoms with Gasteiger partial charge in [0.05, 0.1) is 35.0 Å². The van der Waals surface area contributed by atoms with Crippen LogP contribution in [0, 0.1) is 5.82 Å². The first-order chi connectivity index (χ1) is 26.4. The fraction of sp³-hybridized carbons (Fsp3) is 0.375. The molecule has 16 heteroatoms. The summed E-state index contributed by atoms with van der Waals surface area (Å²) >= 11 is 0. The van der Waals surface area contributed by atoms with Gasteiger partial charge in [-0.15, -0.1) is 0 Å². The highest BCUT2D eigenvalue weighted by molar-refractivity contribution is 7.92. The number of hydrogen-bond acceptors (Lipinski definition) is 8. The second-order valence-electron chi connectivity index (χ2n) is 14.8. The Morgan fingerprint density at radius 1 is 1.02 bits per heavy atom. The number of ether oxygens (including phenoxy) is 2. The molecule has 1 aliphatic rings. The van der Waals surface area contributed by atoms with Gasteiger partial charge < -0.3 is 20.1 Å². The average molecular weight is 797 g/mol. The van der Waals surface area contributed by atoms with Gasteiger partial charge in [-0.25, -0.2) is 22.5 Å². The van der Waals surface area contributed by atoms with Crippen LogP contribution in [0.1, 0.15) is 73.4 Å². The quantitative estimate of drug-likeness (QED) is 0.121. The Morgan fingerprint density at radius 3 is 2.39 bits per heavy atom. The number of carbonyl (C=O) groups is 1. The molecule has 0 spiro atoms. The summed E-state index contributed by atoms with van der Waals surface area (Å²) in [7, 11) is -2.24. The molecule has 1 unspecified atom stereocenters. The van der Waals surface area contributed by atoms with Crippen molar-refractivity contribution in [1.29, 1.82) is 0 Å². The number of benzene rings is 3. The Morgan fingerprint density at radius 2 is 1.73 bits per heavy atom. The van der Waals surface area contributed by atoms with Crippen LogP contribution in [0.25, 0.3) is 22.2 Å². The standard InChI is InChI=1S/C40H44F4N6O5S/c1-39(2,3)47-38(51)36-35-32(50(48-36)34-17-11-12-18-54-34)21-30(46-37(35)45-23-26-15-9-10-16-31(26)49(4)56(5,52)53)28-20-29(41)33(19-27(28)22-40(42,43)44)55-24-25-13-7-6-8-14-25/h6-10,13-16,19-21,34H,11-12,17-18,22-24H2,1-5H3,(H,45,46)(H,47,51). The first-order valence-corrected chi connectivity index (χ1v) is 19.9. The molecule has 1 amide bonds. The summed E-state index contributed by atoms with van der Waals surface area (Å²) in [6.07, 6.45) is -3.48. The maximum atomic E-state index is 15.9. The molecule has 0 bridgehead atoms. The highest BCUT2D eigenvalue weighted by Gasteiger charge is 2.33. The van der Waals surface area contributed by atoms with Crippen LogP contribution in [0.2, 0.25) is 0 Å². The van der Waals surface area contributed by atoms with E-state index in [2.05, 4.69) is 10.6 Å². The number of amides is 1. The number of aromatic nitrogens is 3. The SMILES string of the molecule is CN(c1ccccc1CNc1nc(-c2cc(F)c(OCc3ccccc3)cc2CC(F)(F)F)cc2c1c(C(=O)NC(C)(C)C)nn2C1CCCCO1)S(C)(=O)=O. The van der Waals surface area contributed by atoms with Gasteiger partial charge >= 0.3 is 6.18 Å². The normalized spacial score (nSPS) is 15.1. The van der Waals surface area contributed by atoms with Crippen LogP contribution in [0.15, 0.2) is 72.8 Å². The summed E-state index contributed by atoms with van der Waals surface area (Å²) in [5.41, 5.74) is 0.766. The van der Waals surface area contributed by atoms with Gasteiger partial charge in [0, 0.05) is 31.3 Å². The van der Waals surface area contributed by atoms with Crippen LogP contribution in [0.4, 0.5) is 29.1 Å². The third-order valence-corrected chi connectivity index (χ3v) is 10.4. The fourth-order valence-electron chi connectivity index (χ4n) is 6.49. The molecule has 1 fully saturated rings. The highest BCUT2D eigenvalue weighted by Crippen LogP contribution is 2.39. The van der Waals surface area contributed by atoms with E-state index in [0.29, 0.717) is 35.4 Å². The number of hydrogen-bond donors (Lipinski definition) is 2. The van der Waals surface area contributed by atoms with Crippen LogP contribution >= 0.6 is 0 Å². The Hall–Kier alpha value is -5.22. The Labute approximate surface area is 323 Å². The van der Waals surface area contributed by atoms with Crippen molar-refractivity contribution in [3.8, 4) is 17.0 Å². The van der Waals surface area contributed by atoms with Gasteiger partial charge in [-0.2, -0.15) is 18.3 Å². The number of carbonyl (C=O) groups excluding carboxylic acids is 1. The lowest BCUT2D eigenvalue weighted by Crippen LogP contribution is -2.41. The minimum Gasteiger partial charge on any atom is -0.486 e. The topological polar surface area (TPSA) is 128 Å². The largest absolute Gasteiger partial charge is 0.486 e. The molecule has 3 heterocycles. The molecule has 56 heavy (non-hydrogen) atoms. The van der Waals surface area contributed by atoms with Gasteiger partial charge in [0.1, 0.15) is 12.4 Å². The van der Waals surface area contributed by atoms with E-state index in [9.17, 15) is 26.4 Å². The fourth-order valence-corrected chi connectivity index (χ4v) is 7.02. The summed E-state index contributed by atoms with van der Waals surface area (Å²) in [5.74, 6) is -1.73. The van der Waals surface area contributed by atoms with Crippen molar-refractivity contribution < 1.29 is 40.2 Å². The Kier molecular flexibility index (Phi) is 11.6. The first-order valence-electron chi connectivity index (χ1n) is 18.1. The molecule has 1 atom stereocenters. The van der Waals surface area contributed by atoms with E-state index in [0.717, 1.165) is 35.5 Å². The van der Waals surface area contributed by atoms with Crippen LogP contribution in [-0.2, 0) is 34.3 Å². The minimum atomic E-state index is -4.68. The molecular weight excluding hydrogens is 753 g/mol. The maximum absolute atomic E-state index is 15.9. The van der Waals surface area contributed by atoms with Gasteiger partial charge in [-0.1, -0.05) is 48.5 Å². The van der Waals surface area contributed by atoms with Crippen molar-refractivity contribution in [2.24, 2.45) is 0 Å². The lowest BCUT2D eigenvalue weighted by Gasteiger charge is -2.24. The molecular formula is C40H44F4N6O5S. The minimum absolute atomic E-state index is 0.0152. The number of nitrogens with zero attached hydrogens (tertiary/aromatic N) is 4. The van der Waals surface area contributed by atoms with Crippen molar-refractivity contribution in [3.05, 3.63) is 101 Å². The molecule has 298 valence electrons. The van der Waals surface area contributed by atoms with Crippen molar-refractivity contribution in [1.82, 2.24) is 20.1 Å². The molecule has 3 aromatic carbocycles. The third kappa shape index (κ3) is 9.59. The molecule has 2 aromatic heterocycles. The number of fused-ring (bicyclic) bond motifs is 1. The number of anilines is 2. The molecule has 0 radical (unpaired) electrons. The van der Waals surface area contributed by atoms with Crippen molar-refractivity contribution in [2.45, 2.75) is 77.5 Å². The predicted octanol–water partition coefficient (Wildman–Crippen LogP) is 8.16. The predicted molar refractivity (Wildman–Crippen MR) is 207 cm³/mol. The number of nitrogens with one attached hydrogen (secondary N) is 2. The van der Waals surface area contributed by atoms with E-state index in [1.807, 2.05) is 20.8 Å². The summed E-state index contributed by atoms with van der Waals surface area (Å²) < 4.78 is 97.9. The van der Waals surface area contributed by atoms with E-state index >= 15 is 4.39 Å². The number of pyridine rings is 1. The van der Waals surface area contributed by atoms with Gasteiger partial charge in [0.2, 0.25) is 10.0 Å². The molecule has 1 saturated heterocycles. The maximum Gasteiger partial charge on any atom is 0.393 e. The van der Waals surface area contributed by atoms with Crippen LogP contribution in [-0.4, -0.2) is 60.7 Å². The van der Waals surface area contributed by atoms with E-state index in [1.54, 1.807) is 54.6 Å². The monoisotopic (exact) mass is 796 g/mol. The van der Waals surface area contributed by atoms with Crippen molar-refractivity contribution in [2.75, 3.05) is 29.5 Å². The number of alkyl halides is 3. The van der Waals surface area contributed by atoms with Crippen molar-refractivity contribution in [3.63, 3.8) is 0 Å². The second kappa shape index (κ2) is 16.1. The van der Waals surface area contributed by atoms with Crippen LogP contribution in [0.3, 0.4) is 0 Å². The summed E-state index contributed by atoms with van der Waals surface area (Å²) in [6.45, 7) is 5.75. The van der Waals surface area contributed by atoms with Gasteiger partial charge in [-0.05, 0) is 81.0 Å². The van der Waals surface area contributed by atoms with E-state index in [-0.39, 0.29) is 52.6 Å². The zero-order chi connectivity index (χ0) is 40.4. The number of rotatable bonds is 12. The van der Waals surface area contributed by atoms with E-state index < -0.39 is 46.1 Å². The molecule has 11 nitrogen and oxygen atoms in total. The molecule has 6 rings (SSSR count). The summed E-state index contributed by atoms with van der Waals surface area (Å²) in [5, 5.41) is 11.1. The Bertz CT molecular complexity index is 2320. The van der Waals surface area contributed by atoms with Gasteiger partial charge in [0.15, 0.2) is 23.5 Å². The summed E-state index contributed by atoms with van der Waals surface area (Å²) in [4.78, 5) is 18.7. The highest BCUT2D eigenvalue weighted by atomic mass is 32.2. The first kappa shape index (κ1) is 40.4. The molecule has 2 N–H and O–H groups in total. The van der Waals surface area contributed by atoms with Crippen LogP contribution in [0.5, 0.6) is 5.75 Å². The number of sulfonamides is 1. The van der Waals surface area contributed by atoms with Gasteiger partial charge in [-0.3, -0.25) is 9.10 Å². The zero-order valence-electron chi connectivity index (χ0n) is 31.7. The second-order valence-corrected chi connectivity index (χ2v) is 16.8. The van der Waals surface area contributed by atoms with Crippen molar-refractivity contribution >= 4 is 38.3 Å².